The summed E-state index contributed by atoms with van der Waals surface area (Å²) in [6, 6.07) is 0. The van der Waals surface area contributed by atoms with Gasteiger partial charge in [0.1, 0.15) is 6.67 Å². The van der Waals surface area contributed by atoms with E-state index < -0.39 is 0 Å². The number of ether oxygens (including phenoxy) is 1. The molecule has 1 aliphatic carbocycles. The van der Waals surface area contributed by atoms with E-state index in [1.54, 1.807) is 0 Å². The molecule has 1 atom stereocenters. The summed E-state index contributed by atoms with van der Waals surface area (Å²) in [5, 5.41) is 3.21. The largest absolute Gasteiger partial charge is 0.366 e. The summed E-state index contributed by atoms with van der Waals surface area (Å²) >= 11 is 0. The van der Waals surface area contributed by atoms with E-state index in [9.17, 15) is 4.39 Å². The lowest BCUT2D eigenvalue weighted by Gasteiger charge is -2.47. The normalized spacial score (nSPS) is 35.2. The van der Waals surface area contributed by atoms with Crippen LogP contribution >= 0.6 is 0 Å². The van der Waals surface area contributed by atoms with Crippen LogP contribution in [0.4, 0.5) is 4.39 Å². The van der Waals surface area contributed by atoms with Crippen LogP contribution in [0.15, 0.2) is 0 Å². The number of nitrogens with one attached hydrogen (secondary N) is 1. The summed E-state index contributed by atoms with van der Waals surface area (Å²) in [5.74, 6) is 0. The smallest absolute Gasteiger partial charge is 0.117 e. The molecule has 0 aromatic heterocycles. The molecule has 1 saturated heterocycles. The molecular weight excluding hydrogens is 145 g/mol. The lowest BCUT2D eigenvalue weighted by Crippen LogP contribution is -2.57. The van der Waals surface area contributed by atoms with Crippen LogP contribution in [0, 0.1) is 0 Å². The zero-order valence-electron chi connectivity index (χ0n) is 6.61. The maximum atomic E-state index is 12.2. The molecule has 1 spiro atoms. The molecule has 2 aliphatic rings. The minimum Gasteiger partial charge on any atom is -0.366 e. The van der Waals surface area contributed by atoms with Gasteiger partial charge in [0.2, 0.25) is 0 Å². The molecule has 2 rings (SSSR count). The van der Waals surface area contributed by atoms with Crippen molar-refractivity contribution in [2.75, 3.05) is 19.8 Å². The van der Waals surface area contributed by atoms with Crippen LogP contribution in [-0.4, -0.2) is 31.5 Å². The minimum atomic E-state index is -0.352. The number of morpholine rings is 1. The second-order valence-corrected chi connectivity index (χ2v) is 3.56. The highest BCUT2D eigenvalue weighted by atomic mass is 19.1. The molecule has 1 heterocycles. The van der Waals surface area contributed by atoms with Gasteiger partial charge >= 0.3 is 0 Å². The average Bonchev–Trinajstić information content (AvgIpc) is 2.02. The first kappa shape index (κ1) is 7.50. The van der Waals surface area contributed by atoms with Crippen LogP contribution in [0.5, 0.6) is 0 Å². The highest BCUT2D eigenvalue weighted by Gasteiger charge is 2.42. The monoisotopic (exact) mass is 159 g/mol. The van der Waals surface area contributed by atoms with Gasteiger partial charge in [0, 0.05) is 13.1 Å². The minimum absolute atomic E-state index is 0.0228. The molecule has 0 bridgehead atoms. The Balaban J connectivity index is 1.92. The molecule has 1 aliphatic heterocycles. The van der Waals surface area contributed by atoms with Gasteiger partial charge in [0.05, 0.1) is 11.7 Å². The summed E-state index contributed by atoms with van der Waals surface area (Å²) in [4.78, 5) is 0. The molecule has 64 valence electrons. The van der Waals surface area contributed by atoms with Gasteiger partial charge in [-0.1, -0.05) is 0 Å². The molecule has 1 N–H and O–H groups in total. The van der Waals surface area contributed by atoms with Crippen molar-refractivity contribution in [2.24, 2.45) is 0 Å². The molecule has 0 amide bonds. The zero-order valence-corrected chi connectivity index (χ0v) is 6.61. The quantitative estimate of drug-likeness (QED) is 0.613. The second kappa shape index (κ2) is 2.72. The van der Waals surface area contributed by atoms with Crippen molar-refractivity contribution in [2.45, 2.75) is 31.0 Å². The third-order valence-electron chi connectivity index (χ3n) is 2.67. The van der Waals surface area contributed by atoms with Gasteiger partial charge in [-0.25, -0.2) is 4.39 Å². The van der Waals surface area contributed by atoms with Crippen molar-refractivity contribution in [1.82, 2.24) is 5.32 Å². The predicted octanol–water partition coefficient (Wildman–Crippen LogP) is 0.867. The molecule has 1 saturated carbocycles. The van der Waals surface area contributed by atoms with Gasteiger partial charge in [-0.3, -0.25) is 0 Å². The zero-order chi connectivity index (χ0) is 7.73. The van der Waals surface area contributed by atoms with Crippen molar-refractivity contribution in [3.05, 3.63) is 0 Å². The number of hydrogen-bond acceptors (Lipinski definition) is 2. The Labute approximate surface area is 66.1 Å². The Morgan fingerprint density at radius 2 is 2.36 bits per heavy atom. The first-order valence-electron chi connectivity index (χ1n) is 4.29. The highest BCUT2D eigenvalue weighted by molar-refractivity contribution is 4.95. The van der Waals surface area contributed by atoms with Gasteiger partial charge < -0.3 is 10.1 Å². The molecule has 2 fully saturated rings. The van der Waals surface area contributed by atoms with E-state index in [1.165, 1.54) is 6.42 Å². The molecular formula is C8H14FNO. The van der Waals surface area contributed by atoms with Crippen LogP contribution in [0.2, 0.25) is 0 Å². The Kier molecular flexibility index (Phi) is 1.85. The summed E-state index contributed by atoms with van der Waals surface area (Å²) in [6.07, 6.45) is 3.26. The molecule has 2 nitrogen and oxygen atoms in total. The van der Waals surface area contributed by atoms with Crippen molar-refractivity contribution < 1.29 is 9.13 Å². The van der Waals surface area contributed by atoms with Gasteiger partial charge in [-0.2, -0.15) is 0 Å². The van der Waals surface area contributed by atoms with E-state index in [4.69, 9.17) is 4.74 Å². The van der Waals surface area contributed by atoms with E-state index in [1.807, 2.05) is 0 Å². The van der Waals surface area contributed by atoms with Crippen molar-refractivity contribution in [1.29, 1.82) is 0 Å². The second-order valence-electron chi connectivity index (χ2n) is 3.56. The number of alkyl halides is 1. The van der Waals surface area contributed by atoms with E-state index in [-0.39, 0.29) is 18.4 Å². The topological polar surface area (TPSA) is 21.3 Å². The molecule has 3 heteroatoms. The Hall–Kier alpha value is -0.150. The fourth-order valence-electron chi connectivity index (χ4n) is 1.85. The fraction of sp³-hybridized carbons (Fsp3) is 1.00. The van der Waals surface area contributed by atoms with Crippen molar-refractivity contribution in [3.8, 4) is 0 Å². The number of hydrogen-bond donors (Lipinski definition) is 1. The van der Waals surface area contributed by atoms with Crippen LogP contribution in [-0.2, 0) is 4.74 Å². The van der Waals surface area contributed by atoms with Crippen molar-refractivity contribution in [3.63, 3.8) is 0 Å². The van der Waals surface area contributed by atoms with Gasteiger partial charge in [-0.15, -0.1) is 0 Å². The Morgan fingerprint density at radius 3 is 2.91 bits per heavy atom. The molecule has 0 radical (unpaired) electrons. The van der Waals surface area contributed by atoms with E-state index in [2.05, 4.69) is 5.32 Å². The molecule has 11 heavy (non-hydrogen) atoms. The van der Waals surface area contributed by atoms with Gasteiger partial charge in [0.25, 0.3) is 0 Å². The summed E-state index contributed by atoms with van der Waals surface area (Å²) in [7, 11) is 0. The van der Waals surface area contributed by atoms with E-state index in [0.29, 0.717) is 6.54 Å². The molecule has 1 unspecified atom stereocenters. The Bertz CT molecular complexity index is 147. The lowest BCUT2D eigenvalue weighted by atomic mass is 9.79. The standard InChI is InChI=1S/C8H14FNO/c9-4-7-5-10-6-8(11-7)2-1-3-8/h7,10H,1-6H2. The predicted molar refractivity (Wildman–Crippen MR) is 40.3 cm³/mol. The number of halogens is 1. The van der Waals surface area contributed by atoms with Crippen LogP contribution in [0.25, 0.3) is 0 Å². The summed E-state index contributed by atoms with van der Waals surface area (Å²) in [5.41, 5.74) is 0.0228. The van der Waals surface area contributed by atoms with Crippen LogP contribution in [0.1, 0.15) is 19.3 Å². The number of rotatable bonds is 1. The highest BCUT2D eigenvalue weighted by Crippen LogP contribution is 2.37. The van der Waals surface area contributed by atoms with Gasteiger partial charge in [0.15, 0.2) is 0 Å². The lowest BCUT2D eigenvalue weighted by molar-refractivity contribution is -0.161. The summed E-state index contributed by atoms with van der Waals surface area (Å²) in [6.45, 7) is 1.25. The molecule has 0 aromatic carbocycles. The fourth-order valence-corrected chi connectivity index (χ4v) is 1.85. The third-order valence-corrected chi connectivity index (χ3v) is 2.67. The van der Waals surface area contributed by atoms with Gasteiger partial charge in [-0.05, 0) is 19.3 Å². The molecule has 0 aromatic rings. The Morgan fingerprint density at radius 1 is 1.55 bits per heavy atom. The van der Waals surface area contributed by atoms with E-state index >= 15 is 0 Å². The van der Waals surface area contributed by atoms with Crippen LogP contribution < -0.4 is 5.32 Å². The van der Waals surface area contributed by atoms with E-state index in [0.717, 1.165) is 19.4 Å². The first-order valence-corrected chi connectivity index (χ1v) is 4.29. The maximum absolute atomic E-state index is 12.2. The maximum Gasteiger partial charge on any atom is 0.117 e. The van der Waals surface area contributed by atoms with Crippen LogP contribution in [0.3, 0.4) is 0 Å². The SMILES string of the molecule is FCC1CNCC2(CCC2)O1. The third kappa shape index (κ3) is 1.27. The van der Waals surface area contributed by atoms with Crippen molar-refractivity contribution >= 4 is 0 Å². The first-order chi connectivity index (χ1) is 5.35. The summed E-state index contributed by atoms with van der Waals surface area (Å²) < 4.78 is 17.8. The average molecular weight is 159 g/mol.